The number of ether oxygens (including phenoxy) is 2. The zero-order valence-corrected chi connectivity index (χ0v) is 72.8. The van der Waals surface area contributed by atoms with Gasteiger partial charge in [-0.05, 0) is 249 Å². The number of ketones is 2. The van der Waals surface area contributed by atoms with Gasteiger partial charge in [0.15, 0.2) is 0 Å². The van der Waals surface area contributed by atoms with E-state index in [0.29, 0.717) is 15.6 Å². The van der Waals surface area contributed by atoms with Gasteiger partial charge in [0.25, 0.3) is 6.47 Å². The molecule has 0 spiro atoms. The molecule has 29 heteroatoms. The summed E-state index contributed by atoms with van der Waals surface area (Å²) in [6.45, 7) is 11.7. The van der Waals surface area contributed by atoms with Crippen molar-refractivity contribution < 1.29 is 177 Å². The van der Waals surface area contributed by atoms with Gasteiger partial charge in [-0.1, -0.05) is 64.5 Å². The smallest absolute Gasteiger partial charge is 1.00 e. The van der Waals surface area contributed by atoms with E-state index in [0.717, 1.165) is 86.1 Å². The third-order valence-corrected chi connectivity index (χ3v) is 21.8. The molecule has 0 saturated heterocycles. The molecule has 0 aliphatic heterocycles. The summed E-state index contributed by atoms with van der Waals surface area (Å²) in [6.07, 6.45) is 0. The Hall–Kier alpha value is -1.48. The van der Waals surface area contributed by atoms with E-state index in [4.69, 9.17) is 34.8 Å². The minimum atomic E-state index is -1.39. The van der Waals surface area contributed by atoms with Gasteiger partial charge < -0.3 is 36.4 Å². The molecule has 93 heavy (non-hydrogen) atoms. The maximum atomic E-state index is 12.5. The Balaban J connectivity index is 0. The number of hydrogen-bond donors (Lipinski definition) is 4. The van der Waals surface area contributed by atoms with Crippen molar-refractivity contribution in [3.8, 4) is 5.75 Å². The van der Waals surface area contributed by atoms with Crippen LogP contribution in [0, 0.1) is 47.4 Å². The molecule has 0 saturated carbocycles. The van der Waals surface area contributed by atoms with E-state index >= 15 is 0 Å². The number of carboxylic acid groups (broad SMARTS) is 3. The summed E-state index contributed by atoms with van der Waals surface area (Å²) in [7, 11) is 3.09. The SMILES string of the molecule is COC(=O)c1csc2c(Br)ccc(C)c12.COc1ccc(CSc2cc(C)ccc2Br)cc1.Cc1ccc(Br)c(F)c1.Cc1ccc(Br)c(S)c1.Cc1ccc(Br)c(SCC(=O)C(=O)O)c1.Cc1ccc(Br)c2scc(C(=O)O)c12.O=C(O)C(=O)CBr.O=CO[O-].[H-].[K+].[K+]. The number of alkyl halides is 1. The van der Waals surface area contributed by atoms with Crippen LogP contribution in [-0.2, 0) is 39.3 Å². The molecular weight excluding hydrogens is 1810 g/mol. The van der Waals surface area contributed by atoms with E-state index in [2.05, 4.69) is 166 Å². The molecule has 3 N–H and O–H groups in total. The van der Waals surface area contributed by atoms with E-state index in [9.17, 15) is 33.2 Å². The first kappa shape index (κ1) is 91.5. The van der Waals surface area contributed by atoms with Crippen molar-refractivity contribution in [1.29, 1.82) is 0 Å². The van der Waals surface area contributed by atoms with Crippen LogP contribution in [0.25, 0.3) is 20.2 Å². The van der Waals surface area contributed by atoms with E-state index in [1.807, 2.05) is 131 Å². The first-order valence-electron chi connectivity index (χ1n) is 25.7. The minimum absolute atomic E-state index is 0. The van der Waals surface area contributed by atoms with Crippen LogP contribution in [0.4, 0.5) is 4.39 Å². The third-order valence-electron chi connectivity index (χ3n) is 11.3. The number of esters is 1. The normalized spacial score (nSPS) is 9.66. The van der Waals surface area contributed by atoms with E-state index in [1.165, 1.54) is 57.9 Å². The van der Waals surface area contributed by atoms with Crippen molar-refractivity contribution >= 4 is 232 Å². The largest absolute Gasteiger partial charge is 1.00 e. The van der Waals surface area contributed by atoms with Gasteiger partial charge in [-0.25, -0.2) is 23.6 Å². The van der Waals surface area contributed by atoms with Crippen LogP contribution in [0.2, 0.25) is 0 Å². The topological polar surface area (TPSA) is 231 Å². The molecule has 0 aliphatic carbocycles. The van der Waals surface area contributed by atoms with Crippen LogP contribution in [-0.4, -0.2) is 82.5 Å². The second-order valence-electron chi connectivity index (χ2n) is 18.2. The third kappa shape index (κ3) is 33.5. The second-order valence-corrected chi connectivity index (χ2v) is 28.1. The number of fused-ring (bicyclic) bond motifs is 2. The fourth-order valence-electron chi connectivity index (χ4n) is 6.79. The van der Waals surface area contributed by atoms with Gasteiger partial charge in [0.05, 0.1) is 40.9 Å². The number of benzene rings is 7. The van der Waals surface area contributed by atoms with Gasteiger partial charge >= 0.3 is 127 Å². The molecule has 0 fully saturated rings. The van der Waals surface area contributed by atoms with E-state index < -0.39 is 29.5 Å². The Morgan fingerprint density at radius 2 is 0.989 bits per heavy atom. The zero-order chi connectivity index (χ0) is 68.7. The summed E-state index contributed by atoms with van der Waals surface area (Å²) in [6, 6.07) is 39.3. The predicted octanol–water partition coefficient (Wildman–Crippen LogP) is 13.5. The van der Waals surface area contributed by atoms with Gasteiger partial charge in [0.2, 0.25) is 11.6 Å². The van der Waals surface area contributed by atoms with Crippen LogP contribution < -0.4 is 113 Å². The molecule has 0 atom stereocenters. The monoisotopic (exact) mass is 1860 g/mol. The number of thiol groups is 1. The average molecular weight is 1870 g/mol. The van der Waals surface area contributed by atoms with E-state index in [-0.39, 0.29) is 134 Å². The van der Waals surface area contributed by atoms with Crippen LogP contribution in [0.15, 0.2) is 174 Å². The van der Waals surface area contributed by atoms with Crippen molar-refractivity contribution in [1.82, 2.24) is 0 Å². The number of carboxylic acids is 3. The average Bonchev–Trinajstić information content (AvgIpc) is 1.66. The van der Waals surface area contributed by atoms with E-state index in [1.54, 1.807) is 29.9 Å². The number of carbonyl (C=O) groups excluding carboxylic acids is 4. The number of Topliss-reactive ketones (excluding diaryl/α,β-unsaturated/α-hetero) is 2. The second kappa shape index (κ2) is 49.1. The van der Waals surface area contributed by atoms with Crippen molar-refractivity contribution in [2.24, 2.45) is 0 Å². The molecule has 0 aliphatic rings. The number of hydrogen-bond acceptors (Lipinski definition) is 16. The summed E-state index contributed by atoms with van der Waals surface area (Å²) in [5, 5.41) is 38.9. The number of aliphatic carboxylic acids is 2. The molecule has 0 radical (unpaired) electrons. The fraction of sp³-hybridized carbons (Fsp3) is 0.172. The zero-order valence-electron chi connectivity index (χ0n) is 52.3. The maximum absolute atomic E-state index is 12.5. The quantitative estimate of drug-likeness (QED) is 0.00968. The van der Waals surface area contributed by atoms with Crippen LogP contribution in [0.3, 0.4) is 0 Å². The Morgan fingerprint density at radius 1 is 0.581 bits per heavy atom. The first-order chi connectivity index (χ1) is 42.9. The Kier molecular flexibility index (Phi) is 48.3. The molecule has 0 bridgehead atoms. The number of rotatable bonds is 13. The molecule has 14 nitrogen and oxygen atoms in total. The molecule has 2 heterocycles. The maximum Gasteiger partial charge on any atom is 1.00 e. The molecule has 7 aromatic carbocycles. The number of aryl methyl sites for hydroxylation is 6. The van der Waals surface area contributed by atoms with Crippen LogP contribution in [0.5, 0.6) is 5.75 Å². The van der Waals surface area contributed by atoms with Crippen molar-refractivity contribution in [2.45, 2.75) is 62.0 Å². The minimum Gasteiger partial charge on any atom is -1.00 e. The van der Waals surface area contributed by atoms with Crippen molar-refractivity contribution in [3.05, 3.63) is 215 Å². The predicted molar refractivity (Wildman–Crippen MR) is 390 cm³/mol. The van der Waals surface area contributed by atoms with Crippen LogP contribution in [0.1, 0.15) is 61.1 Å². The molecule has 0 amide bonds. The summed E-state index contributed by atoms with van der Waals surface area (Å²) >= 11 is 33.2. The van der Waals surface area contributed by atoms with Gasteiger partial charge in [0, 0.05) is 73.7 Å². The number of aromatic carboxylic acids is 1. The van der Waals surface area contributed by atoms with Crippen LogP contribution >= 0.6 is 170 Å². The number of methoxy groups -OCH3 is 2. The summed E-state index contributed by atoms with van der Waals surface area (Å²) in [4.78, 5) is 77.5. The van der Waals surface area contributed by atoms with Crippen molar-refractivity contribution in [2.75, 3.05) is 25.3 Å². The Bertz CT molecular complexity index is 3910. The first-order valence-corrected chi connectivity index (χ1v) is 35.7. The molecule has 486 valence electrons. The molecule has 0 unspecified atom stereocenters. The molecule has 9 aromatic rings. The van der Waals surface area contributed by atoms with Gasteiger partial charge in [-0.15, -0.1) is 58.8 Å². The van der Waals surface area contributed by atoms with Gasteiger partial charge in [0.1, 0.15) is 11.6 Å². The van der Waals surface area contributed by atoms with Gasteiger partial charge in [-0.2, -0.15) is 0 Å². The molecule has 2 aromatic heterocycles. The number of carbonyl (C=O) groups is 7. The standard InChI is InChI=1S/C15H15BrOS.C11H9BrO2S.C10H9BrO3S.C10H7BrO2S.C7H6BrF.C7H7BrS.C3H3BrO3.CH2O3.2K.H/c1-11-3-8-14(16)15(9-11)18-10-12-4-6-13(17-2)7-5-12;1-6-3-4-8(12)10-9(6)7(5-15-10)11(13)14-2;1-6-2-3-7(11)9(4-6)15-5-8(12)10(13)14;1-5-2-3-7(11)9-8(5)6(4-14-9)10(12)13;2*1-5-2-3-6(8)7(9)4-5;4-1-2(5)3(6)7;2-1-4-3;;;/h3-9H,10H2,1-2H3;3-5H,1-2H3;2-4H,5H2,1H3,(H,13,14);2-4H,1H3,(H,12,13);2-4H,1H3;2-4,9H,1H3;1H2,(H,6,7);1,3H;;;/q;;;;;;;;2*+1;-1/p-1. The molecule has 9 rings (SSSR count). The van der Waals surface area contributed by atoms with Crippen molar-refractivity contribution in [3.63, 3.8) is 0 Å². The Labute approximate surface area is 706 Å². The number of thiophene rings is 2. The summed E-state index contributed by atoms with van der Waals surface area (Å²) < 4.78 is 30.1. The summed E-state index contributed by atoms with van der Waals surface area (Å²) in [5.74, 6) is -3.89. The van der Waals surface area contributed by atoms with Gasteiger partial charge in [-0.3, -0.25) is 14.4 Å². The number of thioether (sulfide) groups is 2. The fourth-order valence-corrected chi connectivity index (χ4v) is 14.1. The molecular formula is C64H58Br7FK2O14S5. The Morgan fingerprint density at radius 3 is 1.37 bits per heavy atom. The number of halogens is 8. The summed E-state index contributed by atoms with van der Waals surface area (Å²) in [5.41, 5.74) is 8.98.